The van der Waals surface area contributed by atoms with Crippen molar-refractivity contribution in [2.75, 3.05) is 10.6 Å². The maximum absolute atomic E-state index is 12.2. The average molecular weight is 426 g/mol. The molecule has 0 aliphatic rings. The van der Waals surface area contributed by atoms with Crippen molar-refractivity contribution < 1.29 is 9.59 Å². The summed E-state index contributed by atoms with van der Waals surface area (Å²) in [5.41, 5.74) is 3.86. The number of anilines is 2. The van der Waals surface area contributed by atoms with Crippen molar-refractivity contribution >= 4 is 23.3 Å². The summed E-state index contributed by atoms with van der Waals surface area (Å²) in [6.45, 7) is 0.983. The minimum absolute atomic E-state index is 0.203. The first-order valence-electron chi connectivity index (χ1n) is 10.1. The van der Waals surface area contributed by atoms with E-state index in [-0.39, 0.29) is 11.9 Å². The van der Waals surface area contributed by atoms with Gasteiger partial charge in [-0.15, -0.1) is 0 Å². The van der Waals surface area contributed by atoms with E-state index >= 15 is 0 Å². The lowest BCUT2D eigenvalue weighted by molar-refractivity contribution is 0.102. The maximum Gasteiger partial charge on any atom is 0.319 e. The number of aromatic nitrogens is 3. The summed E-state index contributed by atoms with van der Waals surface area (Å²) in [6, 6.07) is 20.2. The molecule has 0 aliphatic carbocycles. The van der Waals surface area contributed by atoms with E-state index in [2.05, 4.69) is 26.0 Å². The Morgan fingerprint density at radius 1 is 0.812 bits per heavy atom. The van der Waals surface area contributed by atoms with Gasteiger partial charge in [0.15, 0.2) is 0 Å². The first-order valence-corrected chi connectivity index (χ1v) is 10.1. The van der Waals surface area contributed by atoms with Gasteiger partial charge in [-0.2, -0.15) is 5.10 Å². The van der Waals surface area contributed by atoms with Crippen LogP contribution >= 0.6 is 0 Å². The first-order chi connectivity index (χ1) is 15.7. The normalized spacial score (nSPS) is 10.4. The number of urea groups is 1. The van der Waals surface area contributed by atoms with Crippen LogP contribution in [0.2, 0.25) is 0 Å². The van der Waals surface area contributed by atoms with E-state index in [1.165, 1.54) is 0 Å². The van der Waals surface area contributed by atoms with Crippen LogP contribution in [0.15, 0.2) is 91.5 Å². The number of pyridine rings is 1. The number of hydrogen-bond acceptors (Lipinski definition) is 4. The zero-order chi connectivity index (χ0) is 22.2. The monoisotopic (exact) mass is 426 g/mol. The molecule has 0 unspecified atom stereocenters. The van der Waals surface area contributed by atoms with Gasteiger partial charge in [0.1, 0.15) is 0 Å². The molecule has 4 rings (SSSR count). The van der Waals surface area contributed by atoms with Crippen molar-refractivity contribution in [3.8, 4) is 0 Å². The van der Waals surface area contributed by atoms with Crippen LogP contribution in [0.1, 0.15) is 21.5 Å². The van der Waals surface area contributed by atoms with Crippen LogP contribution in [0, 0.1) is 0 Å². The van der Waals surface area contributed by atoms with Crippen LogP contribution < -0.4 is 16.0 Å². The second kappa shape index (κ2) is 10.0. The number of benzene rings is 2. The van der Waals surface area contributed by atoms with Crippen LogP contribution in [-0.2, 0) is 13.1 Å². The minimum Gasteiger partial charge on any atom is -0.334 e. The number of hydrogen-bond donors (Lipinski definition) is 3. The Balaban J connectivity index is 1.24. The van der Waals surface area contributed by atoms with Crippen LogP contribution in [0.4, 0.5) is 16.2 Å². The van der Waals surface area contributed by atoms with E-state index in [1.807, 2.05) is 42.5 Å². The van der Waals surface area contributed by atoms with E-state index in [0.717, 1.165) is 11.1 Å². The third kappa shape index (κ3) is 5.79. The maximum atomic E-state index is 12.2. The van der Waals surface area contributed by atoms with E-state index in [4.69, 9.17) is 0 Å². The highest BCUT2D eigenvalue weighted by Gasteiger charge is 2.07. The quantitative estimate of drug-likeness (QED) is 0.417. The second-order valence-electron chi connectivity index (χ2n) is 7.11. The number of nitrogens with one attached hydrogen (secondary N) is 3. The number of carbonyl (C=O) groups excluding carboxylic acids is 2. The fourth-order valence-electron chi connectivity index (χ4n) is 3.06. The Labute approximate surface area is 185 Å². The largest absolute Gasteiger partial charge is 0.334 e. The van der Waals surface area contributed by atoms with Gasteiger partial charge < -0.3 is 16.0 Å². The summed E-state index contributed by atoms with van der Waals surface area (Å²) < 4.78 is 1.77. The van der Waals surface area contributed by atoms with Gasteiger partial charge in [0.2, 0.25) is 0 Å². The summed E-state index contributed by atoms with van der Waals surface area (Å²) in [5, 5.41) is 12.7. The molecular weight excluding hydrogens is 404 g/mol. The number of carbonyl (C=O) groups is 2. The highest BCUT2D eigenvalue weighted by atomic mass is 16.2. The van der Waals surface area contributed by atoms with Gasteiger partial charge in [0.25, 0.3) is 5.91 Å². The smallest absolute Gasteiger partial charge is 0.319 e. The number of nitrogens with zero attached hydrogens (tertiary/aromatic N) is 3. The van der Waals surface area contributed by atoms with Crippen LogP contribution in [0.5, 0.6) is 0 Å². The molecule has 2 heterocycles. The molecule has 0 bridgehead atoms. The molecule has 160 valence electrons. The standard InChI is InChI=1S/C24H22N6O2/c31-23(20-10-12-25-13-11-20)28-21-8-6-18(7-9-21)14-26-24(32)29-22-15-27-30(17-22)16-19-4-2-1-3-5-19/h1-13,15,17H,14,16H2,(H,28,31)(H2,26,29,32). The molecule has 0 radical (unpaired) electrons. The molecule has 0 atom stereocenters. The first kappa shape index (κ1) is 20.8. The molecule has 2 aromatic carbocycles. The molecule has 8 heteroatoms. The summed E-state index contributed by atoms with van der Waals surface area (Å²) in [6.07, 6.45) is 6.54. The zero-order valence-corrected chi connectivity index (χ0v) is 17.2. The van der Waals surface area contributed by atoms with E-state index in [9.17, 15) is 9.59 Å². The summed E-state index contributed by atoms with van der Waals surface area (Å²) >= 11 is 0. The molecule has 3 N–H and O–H groups in total. The topological polar surface area (TPSA) is 101 Å². The highest BCUT2D eigenvalue weighted by Crippen LogP contribution is 2.12. The van der Waals surface area contributed by atoms with Crippen molar-refractivity contribution in [2.45, 2.75) is 13.1 Å². The number of amides is 3. The Bertz CT molecular complexity index is 1170. The van der Waals surface area contributed by atoms with Gasteiger partial charge >= 0.3 is 6.03 Å². The molecule has 32 heavy (non-hydrogen) atoms. The third-order valence-electron chi connectivity index (χ3n) is 4.69. The van der Waals surface area contributed by atoms with Crippen LogP contribution in [0.3, 0.4) is 0 Å². The van der Waals surface area contributed by atoms with Gasteiger partial charge in [-0.25, -0.2) is 4.79 Å². The van der Waals surface area contributed by atoms with Crippen LogP contribution in [-0.4, -0.2) is 26.7 Å². The van der Waals surface area contributed by atoms with Gasteiger partial charge in [-0.05, 0) is 35.4 Å². The second-order valence-corrected chi connectivity index (χ2v) is 7.11. The fraction of sp³-hybridized carbons (Fsp3) is 0.0833. The predicted octanol–water partition coefficient (Wildman–Crippen LogP) is 3.90. The highest BCUT2D eigenvalue weighted by molar-refractivity contribution is 6.04. The van der Waals surface area contributed by atoms with Crippen molar-refractivity contribution in [3.63, 3.8) is 0 Å². The fourth-order valence-corrected chi connectivity index (χ4v) is 3.06. The van der Waals surface area contributed by atoms with E-state index in [0.29, 0.717) is 30.0 Å². The Morgan fingerprint density at radius 3 is 2.31 bits per heavy atom. The molecule has 0 spiro atoms. The van der Waals surface area contributed by atoms with Gasteiger partial charge in [-0.3, -0.25) is 14.5 Å². The van der Waals surface area contributed by atoms with Crippen molar-refractivity contribution in [3.05, 3.63) is 108 Å². The molecule has 3 amide bonds. The zero-order valence-electron chi connectivity index (χ0n) is 17.2. The Morgan fingerprint density at radius 2 is 1.56 bits per heavy atom. The molecule has 2 aromatic heterocycles. The molecule has 4 aromatic rings. The third-order valence-corrected chi connectivity index (χ3v) is 4.69. The van der Waals surface area contributed by atoms with Gasteiger partial charge in [0.05, 0.1) is 18.4 Å². The van der Waals surface area contributed by atoms with Gasteiger partial charge in [-0.1, -0.05) is 42.5 Å². The lowest BCUT2D eigenvalue weighted by atomic mass is 10.2. The van der Waals surface area contributed by atoms with Crippen molar-refractivity contribution in [2.24, 2.45) is 0 Å². The average Bonchev–Trinajstić information content (AvgIpc) is 3.26. The Kier molecular flexibility index (Phi) is 6.52. The molecule has 0 fully saturated rings. The SMILES string of the molecule is O=C(NCc1ccc(NC(=O)c2ccncc2)cc1)Nc1cnn(Cc2ccccc2)c1. The summed E-state index contributed by atoms with van der Waals surface area (Å²) in [7, 11) is 0. The molecule has 0 aliphatic heterocycles. The molecule has 0 saturated carbocycles. The predicted molar refractivity (Wildman–Crippen MR) is 122 cm³/mol. The minimum atomic E-state index is -0.320. The molecule has 0 saturated heterocycles. The van der Waals surface area contributed by atoms with Crippen molar-refractivity contribution in [1.82, 2.24) is 20.1 Å². The number of rotatable bonds is 7. The van der Waals surface area contributed by atoms with Crippen LogP contribution in [0.25, 0.3) is 0 Å². The van der Waals surface area contributed by atoms with E-state index in [1.54, 1.807) is 53.7 Å². The summed E-state index contributed by atoms with van der Waals surface area (Å²) in [5.74, 6) is -0.203. The lowest BCUT2D eigenvalue weighted by Gasteiger charge is -2.08. The van der Waals surface area contributed by atoms with E-state index < -0.39 is 0 Å². The molecule has 8 nitrogen and oxygen atoms in total. The van der Waals surface area contributed by atoms with Crippen molar-refractivity contribution in [1.29, 1.82) is 0 Å². The summed E-state index contributed by atoms with van der Waals surface area (Å²) in [4.78, 5) is 28.3. The Hall–Kier alpha value is -4.46. The molecular formula is C24H22N6O2. The van der Waals surface area contributed by atoms with Gasteiger partial charge in [0, 0.05) is 36.4 Å². The lowest BCUT2D eigenvalue weighted by Crippen LogP contribution is -2.28.